The number of halogens is 1. The van der Waals surface area contributed by atoms with Crippen LogP contribution in [0.3, 0.4) is 0 Å². The third-order valence-electron chi connectivity index (χ3n) is 3.94. The molecule has 0 bridgehead atoms. The first-order chi connectivity index (χ1) is 10.8. The number of thiophene rings is 1. The van der Waals surface area contributed by atoms with Crippen LogP contribution in [-0.4, -0.2) is 27.1 Å². The Balaban J connectivity index is 2.02. The van der Waals surface area contributed by atoms with Gasteiger partial charge in [0.1, 0.15) is 4.88 Å². The predicted molar refractivity (Wildman–Crippen MR) is 93.6 cm³/mol. The number of hydrogen-bond donors (Lipinski definition) is 0. The second-order valence-corrected chi connectivity index (χ2v) is 8.96. The summed E-state index contributed by atoms with van der Waals surface area (Å²) in [5.41, 5.74) is 2.55. The minimum absolute atomic E-state index is 0.124. The molecule has 0 N–H and O–H groups in total. The topological polar surface area (TPSA) is 54.5 Å². The predicted octanol–water partition coefficient (Wildman–Crippen LogP) is 3.71. The van der Waals surface area contributed by atoms with Crippen LogP contribution in [0.15, 0.2) is 28.5 Å². The first kappa shape index (κ1) is 16.5. The van der Waals surface area contributed by atoms with Gasteiger partial charge in [0.05, 0.1) is 9.92 Å². The highest BCUT2D eigenvalue weighted by Gasteiger charge is 2.27. The number of hydrogen-bond acceptors (Lipinski definition) is 4. The molecule has 0 saturated carbocycles. The molecule has 1 aliphatic heterocycles. The normalized spacial score (nSPS) is 14.7. The Morgan fingerprint density at radius 1 is 1.35 bits per heavy atom. The molecule has 122 valence electrons. The summed E-state index contributed by atoms with van der Waals surface area (Å²) in [5, 5.41) is 2.37. The molecule has 0 unspecified atom stereocenters. The van der Waals surface area contributed by atoms with Crippen LogP contribution in [-0.2, 0) is 16.3 Å². The van der Waals surface area contributed by atoms with Crippen LogP contribution in [0.4, 0.5) is 5.69 Å². The van der Waals surface area contributed by atoms with Gasteiger partial charge < -0.3 is 4.90 Å². The highest BCUT2D eigenvalue weighted by molar-refractivity contribution is 7.90. The highest BCUT2D eigenvalue weighted by atomic mass is 35.5. The number of anilines is 1. The van der Waals surface area contributed by atoms with E-state index >= 15 is 0 Å². The SMILES string of the molecule is Cc1csc(C(=O)N2CCCc3cc(S(C)(=O)=O)ccc32)c1Cl. The van der Waals surface area contributed by atoms with Gasteiger partial charge in [-0.05, 0) is 54.5 Å². The van der Waals surface area contributed by atoms with Gasteiger partial charge in [-0.2, -0.15) is 0 Å². The number of nitrogens with zero attached hydrogens (tertiary/aromatic N) is 1. The van der Waals surface area contributed by atoms with Crippen molar-refractivity contribution in [3.05, 3.63) is 44.6 Å². The van der Waals surface area contributed by atoms with Crippen molar-refractivity contribution in [1.82, 2.24) is 0 Å². The summed E-state index contributed by atoms with van der Waals surface area (Å²) in [7, 11) is -3.25. The van der Waals surface area contributed by atoms with Crippen LogP contribution in [0.2, 0.25) is 5.02 Å². The van der Waals surface area contributed by atoms with Crippen molar-refractivity contribution in [2.45, 2.75) is 24.7 Å². The fraction of sp³-hybridized carbons (Fsp3) is 0.312. The molecule has 1 aromatic heterocycles. The summed E-state index contributed by atoms with van der Waals surface area (Å²) >= 11 is 7.56. The quantitative estimate of drug-likeness (QED) is 0.810. The van der Waals surface area contributed by atoms with E-state index in [9.17, 15) is 13.2 Å². The molecule has 0 saturated heterocycles. The molecule has 4 nitrogen and oxygen atoms in total. The average molecular weight is 370 g/mol. The van der Waals surface area contributed by atoms with Gasteiger partial charge in [-0.25, -0.2) is 8.42 Å². The number of amides is 1. The summed E-state index contributed by atoms with van der Waals surface area (Å²) in [6.07, 6.45) is 2.75. The largest absolute Gasteiger partial charge is 0.307 e. The third-order valence-corrected chi connectivity index (χ3v) is 6.73. The molecular formula is C16H16ClNO3S2. The number of rotatable bonds is 2. The van der Waals surface area contributed by atoms with Crippen molar-refractivity contribution >= 4 is 44.4 Å². The molecule has 0 fully saturated rings. The maximum absolute atomic E-state index is 12.8. The van der Waals surface area contributed by atoms with E-state index in [2.05, 4.69) is 0 Å². The molecule has 7 heteroatoms. The lowest BCUT2D eigenvalue weighted by molar-refractivity contribution is 0.0989. The van der Waals surface area contributed by atoms with Crippen LogP contribution in [0.5, 0.6) is 0 Å². The molecule has 2 aromatic rings. The number of benzene rings is 1. The van der Waals surface area contributed by atoms with Crippen LogP contribution in [0.1, 0.15) is 27.2 Å². The zero-order chi connectivity index (χ0) is 16.8. The molecule has 0 aliphatic carbocycles. The molecule has 2 heterocycles. The van der Waals surface area contributed by atoms with E-state index in [1.54, 1.807) is 23.1 Å². The molecule has 0 spiro atoms. The van der Waals surface area contributed by atoms with Gasteiger partial charge in [-0.1, -0.05) is 11.6 Å². The van der Waals surface area contributed by atoms with E-state index in [1.165, 1.54) is 17.6 Å². The van der Waals surface area contributed by atoms with Gasteiger partial charge in [0.25, 0.3) is 5.91 Å². The minimum Gasteiger partial charge on any atom is -0.307 e. The van der Waals surface area contributed by atoms with Crippen LogP contribution in [0.25, 0.3) is 0 Å². The number of carbonyl (C=O) groups is 1. The maximum Gasteiger partial charge on any atom is 0.269 e. The monoisotopic (exact) mass is 369 g/mol. The average Bonchev–Trinajstić information content (AvgIpc) is 2.84. The molecule has 3 rings (SSSR count). The molecule has 23 heavy (non-hydrogen) atoms. The van der Waals surface area contributed by atoms with E-state index in [4.69, 9.17) is 11.6 Å². The smallest absolute Gasteiger partial charge is 0.269 e. The molecule has 0 atom stereocenters. The van der Waals surface area contributed by atoms with E-state index in [0.29, 0.717) is 16.4 Å². The summed E-state index contributed by atoms with van der Waals surface area (Å²) < 4.78 is 23.4. The summed E-state index contributed by atoms with van der Waals surface area (Å²) in [5.74, 6) is -0.124. The van der Waals surface area contributed by atoms with Crippen molar-refractivity contribution < 1.29 is 13.2 Å². The van der Waals surface area contributed by atoms with Gasteiger partial charge in [0.2, 0.25) is 0 Å². The van der Waals surface area contributed by atoms with Crippen LogP contribution >= 0.6 is 22.9 Å². The molecule has 1 aromatic carbocycles. The van der Waals surface area contributed by atoms with Crippen molar-refractivity contribution in [3.8, 4) is 0 Å². The van der Waals surface area contributed by atoms with Gasteiger partial charge in [-0.3, -0.25) is 4.79 Å². The fourth-order valence-electron chi connectivity index (χ4n) is 2.71. The summed E-state index contributed by atoms with van der Waals surface area (Å²) in [6, 6.07) is 4.95. The lowest BCUT2D eigenvalue weighted by Gasteiger charge is -2.29. The van der Waals surface area contributed by atoms with Crippen molar-refractivity contribution in [2.75, 3.05) is 17.7 Å². The van der Waals surface area contributed by atoms with Crippen LogP contribution < -0.4 is 4.90 Å². The van der Waals surface area contributed by atoms with Crippen LogP contribution in [0, 0.1) is 6.92 Å². The zero-order valence-electron chi connectivity index (χ0n) is 12.8. The lowest BCUT2D eigenvalue weighted by Crippen LogP contribution is -2.35. The highest BCUT2D eigenvalue weighted by Crippen LogP contribution is 2.34. The van der Waals surface area contributed by atoms with E-state index in [1.807, 2.05) is 12.3 Å². The Morgan fingerprint density at radius 3 is 2.70 bits per heavy atom. The first-order valence-electron chi connectivity index (χ1n) is 7.17. The Hall–Kier alpha value is -1.37. The van der Waals surface area contributed by atoms with E-state index in [0.717, 1.165) is 29.7 Å². The number of carbonyl (C=O) groups excluding carboxylic acids is 1. The van der Waals surface area contributed by atoms with Crippen molar-refractivity contribution in [2.24, 2.45) is 0 Å². The lowest BCUT2D eigenvalue weighted by atomic mass is 10.0. The number of sulfone groups is 1. The summed E-state index contributed by atoms with van der Waals surface area (Å²) in [4.78, 5) is 15.3. The Morgan fingerprint density at radius 2 is 2.09 bits per heavy atom. The second kappa shape index (κ2) is 5.92. The van der Waals surface area contributed by atoms with E-state index < -0.39 is 9.84 Å². The Bertz CT molecular complexity index is 887. The minimum atomic E-state index is -3.25. The van der Waals surface area contributed by atoms with Crippen molar-refractivity contribution in [3.63, 3.8) is 0 Å². The van der Waals surface area contributed by atoms with E-state index in [-0.39, 0.29) is 10.8 Å². The summed E-state index contributed by atoms with van der Waals surface area (Å²) in [6.45, 7) is 2.48. The Labute approximate surface area is 144 Å². The van der Waals surface area contributed by atoms with Gasteiger partial charge >= 0.3 is 0 Å². The molecule has 1 aliphatic rings. The first-order valence-corrected chi connectivity index (χ1v) is 10.3. The zero-order valence-corrected chi connectivity index (χ0v) is 15.2. The third kappa shape index (κ3) is 3.03. The Kier molecular flexibility index (Phi) is 4.25. The maximum atomic E-state index is 12.8. The standard InChI is InChI=1S/C16H16ClNO3S2/c1-10-9-22-15(14(10)17)16(19)18-7-3-4-11-8-12(23(2,20)21)5-6-13(11)18/h5-6,8-9H,3-4,7H2,1-2H3. The number of fused-ring (bicyclic) bond motifs is 1. The molecule has 0 radical (unpaired) electrons. The van der Waals surface area contributed by atoms with Crippen molar-refractivity contribution in [1.29, 1.82) is 0 Å². The fourth-order valence-corrected chi connectivity index (χ4v) is 4.61. The van der Waals surface area contributed by atoms with Gasteiger partial charge in [0, 0.05) is 18.5 Å². The second-order valence-electron chi connectivity index (χ2n) is 5.68. The molecule has 1 amide bonds. The van der Waals surface area contributed by atoms with Gasteiger partial charge in [0.15, 0.2) is 9.84 Å². The number of aryl methyl sites for hydroxylation is 2. The van der Waals surface area contributed by atoms with Gasteiger partial charge in [-0.15, -0.1) is 11.3 Å². The molecular weight excluding hydrogens is 354 g/mol.